The van der Waals surface area contributed by atoms with Crippen molar-refractivity contribution < 1.29 is 24.2 Å². The van der Waals surface area contributed by atoms with Crippen LogP contribution in [0.1, 0.15) is 40.9 Å². The number of benzene rings is 2. The predicted octanol–water partition coefficient (Wildman–Crippen LogP) is 3.72. The van der Waals surface area contributed by atoms with Crippen LogP contribution in [0.5, 0.6) is 0 Å². The molecule has 0 radical (unpaired) electrons. The summed E-state index contributed by atoms with van der Waals surface area (Å²) in [6.07, 6.45) is -0.0621. The quantitative estimate of drug-likeness (QED) is 0.583. The number of rotatable bonds is 5. The number of aryl methyl sites for hydroxylation is 1. The number of fused-ring (bicyclic) bond motifs is 3. The summed E-state index contributed by atoms with van der Waals surface area (Å²) in [5.74, 6) is -1.51. The zero-order chi connectivity index (χ0) is 24.7. The number of anilines is 1. The van der Waals surface area contributed by atoms with Crippen molar-refractivity contribution in [2.45, 2.75) is 25.3 Å². The third kappa shape index (κ3) is 4.03. The van der Waals surface area contributed by atoms with E-state index in [1.54, 1.807) is 7.05 Å². The highest BCUT2D eigenvalue weighted by Gasteiger charge is 2.40. The number of carboxylic acids is 1. The number of carbonyl (C=O) groups excluding carboxylic acids is 2. The largest absolute Gasteiger partial charge is 0.480 e. The van der Waals surface area contributed by atoms with Crippen LogP contribution in [-0.2, 0) is 16.6 Å². The van der Waals surface area contributed by atoms with Gasteiger partial charge in [0.25, 0.3) is 5.91 Å². The molecule has 180 valence electrons. The number of hydrogen-bond acceptors (Lipinski definition) is 5. The van der Waals surface area contributed by atoms with E-state index in [-0.39, 0.29) is 30.0 Å². The number of aliphatic carboxylic acids is 1. The summed E-state index contributed by atoms with van der Waals surface area (Å²) in [5.41, 5.74) is 4.70. The van der Waals surface area contributed by atoms with E-state index in [1.165, 1.54) is 15.6 Å². The Hall–Kier alpha value is -4.14. The van der Waals surface area contributed by atoms with Crippen molar-refractivity contribution in [1.82, 2.24) is 14.7 Å². The summed E-state index contributed by atoms with van der Waals surface area (Å²) >= 11 is 0. The summed E-state index contributed by atoms with van der Waals surface area (Å²) in [7, 11) is 1.57. The number of carbonyl (C=O) groups is 3. The minimum atomic E-state index is -1.03. The minimum absolute atomic E-state index is 0.0703. The van der Waals surface area contributed by atoms with Gasteiger partial charge in [-0.2, -0.15) is 5.10 Å². The number of ether oxygens (including phenoxy) is 1. The molecular weight excluding hydrogens is 448 g/mol. The molecule has 2 atom stereocenters. The molecule has 2 unspecified atom stereocenters. The fraction of sp³-hybridized carbons (Fsp3) is 0.308. The molecule has 0 saturated carbocycles. The Bertz CT molecular complexity index is 1270. The Kier molecular flexibility index (Phi) is 5.76. The van der Waals surface area contributed by atoms with Crippen LogP contribution in [0.2, 0.25) is 0 Å². The van der Waals surface area contributed by atoms with Crippen LogP contribution in [0.4, 0.5) is 10.6 Å². The van der Waals surface area contributed by atoms with Crippen LogP contribution in [-0.4, -0.2) is 57.0 Å². The zero-order valence-corrected chi connectivity index (χ0v) is 19.5. The maximum Gasteiger partial charge on any atom is 0.412 e. The summed E-state index contributed by atoms with van der Waals surface area (Å²) in [5, 5.41) is 16.3. The van der Waals surface area contributed by atoms with Gasteiger partial charge in [-0.25, -0.2) is 9.59 Å². The molecule has 2 N–H and O–H groups in total. The monoisotopic (exact) mass is 474 g/mol. The first-order valence-corrected chi connectivity index (χ1v) is 11.5. The first kappa shape index (κ1) is 22.6. The lowest BCUT2D eigenvalue weighted by Crippen LogP contribution is -2.43. The first-order chi connectivity index (χ1) is 16.8. The summed E-state index contributed by atoms with van der Waals surface area (Å²) < 4.78 is 6.88. The number of carboxylic acid groups (broad SMARTS) is 1. The standard InChI is InChI=1S/C26H26N4O5/c1-15-11-12-30(23(15)25(32)33)24(31)21-13-22(28-29(21)2)27-26(34)35-14-20-18-9-5-3-7-16(18)17-8-4-6-10-19(17)20/h3-10,13,15,20,23H,11-12,14H2,1-2H3,(H,32,33)(H,27,28,34). The van der Waals surface area contributed by atoms with Gasteiger partial charge in [-0.15, -0.1) is 0 Å². The van der Waals surface area contributed by atoms with Gasteiger partial charge in [-0.3, -0.25) is 14.8 Å². The first-order valence-electron chi connectivity index (χ1n) is 11.5. The van der Waals surface area contributed by atoms with Crippen molar-refractivity contribution in [1.29, 1.82) is 0 Å². The molecule has 2 amide bonds. The molecule has 0 bridgehead atoms. The molecule has 0 spiro atoms. The molecule has 1 aliphatic carbocycles. The third-order valence-corrected chi connectivity index (χ3v) is 6.89. The van der Waals surface area contributed by atoms with E-state index < -0.39 is 24.0 Å². The number of aromatic nitrogens is 2. The van der Waals surface area contributed by atoms with Gasteiger partial charge in [-0.1, -0.05) is 55.5 Å². The molecule has 3 aromatic rings. The van der Waals surface area contributed by atoms with E-state index in [4.69, 9.17) is 4.74 Å². The molecule has 1 aliphatic heterocycles. The van der Waals surface area contributed by atoms with Gasteiger partial charge in [0.1, 0.15) is 18.3 Å². The van der Waals surface area contributed by atoms with Crippen molar-refractivity contribution in [3.05, 3.63) is 71.4 Å². The van der Waals surface area contributed by atoms with Gasteiger partial charge in [-0.05, 0) is 34.6 Å². The second kappa shape index (κ2) is 8.90. The van der Waals surface area contributed by atoms with Crippen LogP contribution in [0.15, 0.2) is 54.6 Å². The Morgan fingerprint density at radius 1 is 1.09 bits per heavy atom. The van der Waals surface area contributed by atoms with E-state index in [1.807, 2.05) is 43.3 Å². The van der Waals surface area contributed by atoms with Gasteiger partial charge in [0.2, 0.25) is 0 Å². The van der Waals surface area contributed by atoms with Crippen LogP contribution < -0.4 is 5.32 Å². The average Bonchev–Trinajstić information content (AvgIpc) is 3.50. The molecule has 1 fully saturated rings. The zero-order valence-electron chi connectivity index (χ0n) is 19.5. The number of hydrogen-bond donors (Lipinski definition) is 2. The maximum absolute atomic E-state index is 13.0. The van der Waals surface area contributed by atoms with Gasteiger partial charge < -0.3 is 14.7 Å². The Labute approximate surface area is 202 Å². The molecule has 2 aromatic carbocycles. The van der Waals surface area contributed by atoms with Gasteiger partial charge in [0, 0.05) is 25.6 Å². The van der Waals surface area contributed by atoms with E-state index in [0.717, 1.165) is 22.3 Å². The normalized spacial score (nSPS) is 18.7. The number of nitrogens with zero attached hydrogens (tertiary/aromatic N) is 3. The van der Waals surface area contributed by atoms with Crippen LogP contribution >= 0.6 is 0 Å². The maximum atomic E-state index is 13.0. The minimum Gasteiger partial charge on any atom is -0.480 e. The summed E-state index contributed by atoms with van der Waals surface area (Å²) in [4.78, 5) is 38.6. The Morgan fingerprint density at radius 3 is 2.34 bits per heavy atom. The molecule has 5 rings (SSSR count). The Morgan fingerprint density at radius 2 is 1.71 bits per heavy atom. The van der Waals surface area contributed by atoms with Crippen molar-refractivity contribution in [2.24, 2.45) is 13.0 Å². The number of likely N-dealkylation sites (tertiary alicyclic amines) is 1. The second-order valence-corrected chi connectivity index (χ2v) is 9.04. The van der Waals surface area contributed by atoms with E-state index in [9.17, 15) is 19.5 Å². The van der Waals surface area contributed by atoms with Crippen molar-refractivity contribution >= 4 is 23.8 Å². The topological polar surface area (TPSA) is 114 Å². The fourth-order valence-electron chi connectivity index (χ4n) is 5.17. The predicted molar refractivity (Wildman–Crippen MR) is 128 cm³/mol. The highest BCUT2D eigenvalue weighted by molar-refractivity contribution is 5.97. The van der Waals surface area contributed by atoms with Gasteiger partial charge in [0.05, 0.1) is 0 Å². The van der Waals surface area contributed by atoms with Crippen LogP contribution in [0, 0.1) is 5.92 Å². The van der Waals surface area contributed by atoms with Gasteiger partial charge in [0.15, 0.2) is 5.82 Å². The Balaban J connectivity index is 1.26. The fourth-order valence-corrected chi connectivity index (χ4v) is 5.17. The molecule has 9 nitrogen and oxygen atoms in total. The summed E-state index contributed by atoms with van der Waals surface area (Å²) in [6, 6.07) is 16.7. The van der Waals surface area contributed by atoms with Crippen LogP contribution in [0.25, 0.3) is 11.1 Å². The smallest absolute Gasteiger partial charge is 0.412 e. The lowest BCUT2D eigenvalue weighted by molar-refractivity contribution is -0.142. The molecule has 2 heterocycles. The number of nitrogens with one attached hydrogen (secondary N) is 1. The van der Waals surface area contributed by atoms with E-state index in [0.29, 0.717) is 13.0 Å². The lowest BCUT2D eigenvalue weighted by atomic mass is 9.98. The van der Waals surface area contributed by atoms with Crippen LogP contribution in [0.3, 0.4) is 0 Å². The lowest BCUT2D eigenvalue weighted by Gasteiger charge is -2.23. The average molecular weight is 475 g/mol. The van der Waals surface area contributed by atoms with Crippen molar-refractivity contribution in [3.8, 4) is 11.1 Å². The molecule has 1 saturated heterocycles. The molecule has 9 heteroatoms. The van der Waals surface area contributed by atoms with E-state index >= 15 is 0 Å². The SMILES string of the molecule is CC1CCN(C(=O)c2cc(NC(=O)OCC3c4ccccc4-c4ccccc43)nn2C)C1C(=O)O. The highest BCUT2D eigenvalue weighted by atomic mass is 16.5. The van der Waals surface area contributed by atoms with E-state index in [2.05, 4.69) is 22.5 Å². The number of amides is 2. The highest BCUT2D eigenvalue weighted by Crippen LogP contribution is 2.44. The van der Waals surface area contributed by atoms with Crippen molar-refractivity contribution in [3.63, 3.8) is 0 Å². The molecule has 1 aromatic heterocycles. The summed E-state index contributed by atoms with van der Waals surface area (Å²) in [6.45, 7) is 2.33. The van der Waals surface area contributed by atoms with Crippen molar-refractivity contribution in [2.75, 3.05) is 18.5 Å². The third-order valence-electron chi connectivity index (χ3n) is 6.89. The van der Waals surface area contributed by atoms with Gasteiger partial charge >= 0.3 is 12.1 Å². The molecule has 2 aliphatic rings. The molecule has 35 heavy (non-hydrogen) atoms. The molecular formula is C26H26N4O5. The second-order valence-electron chi connectivity index (χ2n) is 9.04.